The minimum atomic E-state index is -0.662. The molecule has 162 valence electrons. The van der Waals surface area contributed by atoms with Crippen LogP contribution in [0.3, 0.4) is 0 Å². The lowest BCUT2D eigenvalue weighted by Gasteiger charge is -2.15. The molecule has 0 aliphatic rings. The molecule has 7 nitrogen and oxygen atoms in total. The Labute approximate surface area is 181 Å². The minimum absolute atomic E-state index is 0.385. The smallest absolute Gasteiger partial charge is 0.427 e. The average molecular weight is 435 g/mol. The summed E-state index contributed by atoms with van der Waals surface area (Å²) in [4.78, 5) is 11.1. The molecule has 0 atom stereocenters. The third-order valence-electron chi connectivity index (χ3n) is 3.89. The lowest BCUT2D eigenvalue weighted by molar-refractivity contribution is 0.171. The van der Waals surface area contributed by atoms with Gasteiger partial charge in [-0.1, -0.05) is 17.7 Å². The van der Waals surface area contributed by atoms with Crippen LogP contribution in [0.5, 0.6) is 17.2 Å². The molecule has 0 aliphatic heterocycles. The van der Waals surface area contributed by atoms with Gasteiger partial charge in [-0.3, -0.25) is 0 Å². The van der Waals surface area contributed by atoms with Crippen molar-refractivity contribution in [2.24, 2.45) is 5.10 Å². The van der Waals surface area contributed by atoms with Crippen molar-refractivity contribution in [3.05, 3.63) is 52.0 Å². The van der Waals surface area contributed by atoms with Gasteiger partial charge in [0.05, 0.1) is 38.2 Å². The number of ether oxygens (including phenoxy) is 4. The highest BCUT2D eigenvalue weighted by molar-refractivity contribution is 6.32. The minimum Gasteiger partial charge on any atom is -0.493 e. The van der Waals surface area contributed by atoms with Crippen molar-refractivity contribution in [3.8, 4) is 17.2 Å². The first-order valence-electron chi connectivity index (χ1n) is 9.60. The molecule has 0 spiro atoms. The number of nitrogens with zero attached hydrogens (tertiary/aromatic N) is 1. The Morgan fingerprint density at radius 2 is 1.77 bits per heavy atom. The second-order valence-corrected chi connectivity index (χ2v) is 6.91. The molecule has 0 saturated carbocycles. The molecule has 0 aliphatic carbocycles. The van der Waals surface area contributed by atoms with Gasteiger partial charge in [0.15, 0.2) is 11.5 Å². The summed E-state index contributed by atoms with van der Waals surface area (Å²) in [7, 11) is 1.26. The van der Waals surface area contributed by atoms with Crippen molar-refractivity contribution in [2.45, 2.75) is 27.2 Å². The van der Waals surface area contributed by atoms with Gasteiger partial charge in [0.1, 0.15) is 5.75 Å². The van der Waals surface area contributed by atoms with Crippen LogP contribution < -0.4 is 19.6 Å². The van der Waals surface area contributed by atoms with Gasteiger partial charge < -0.3 is 18.9 Å². The van der Waals surface area contributed by atoms with Crippen molar-refractivity contribution in [2.75, 3.05) is 26.9 Å². The number of amides is 1. The monoisotopic (exact) mass is 434 g/mol. The molecule has 1 amide bonds. The topological polar surface area (TPSA) is 78.4 Å². The summed E-state index contributed by atoms with van der Waals surface area (Å²) >= 11 is 6.37. The maximum absolute atomic E-state index is 11.1. The second kappa shape index (κ2) is 11.9. The summed E-state index contributed by atoms with van der Waals surface area (Å²) in [5, 5.41) is 4.18. The van der Waals surface area contributed by atoms with Gasteiger partial charge in [-0.25, -0.2) is 10.2 Å². The van der Waals surface area contributed by atoms with Crippen LogP contribution in [0.25, 0.3) is 0 Å². The lowest BCUT2D eigenvalue weighted by atomic mass is 10.1. The second-order valence-electron chi connectivity index (χ2n) is 6.50. The number of carbonyl (C=O) groups excluding carboxylic acids is 1. The largest absolute Gasteiger partial charge is 0.493 e. The molecule has 0 radical (unpaired) electrons. The van der Waals surface area contributed by atoms with Crippen LogP contribution >= 0.6 is 11.6 Å². The summed E-state index contributed by atoms with van der Waals surface area (Å²) in [5.74, 6) is 1.81. The number of halogens is 1. The normalized spacial score (nSPS) is 10.7. The molecule has 2 rings (SSSR count). The fourth-order valence-electron chi connectivity index (χ4n) is 2.71. The SMILES string of the molecule is CCOc1cc(/C=N\NC(=O)OC)cc(Cl)c1OCCCOc1cc(C)cc(C)c1. The Morgan fingerprint density at radius 3 is 2.43 bits per heavy atom. The quantitative estimate of drug-likeness (QED) is 0.327. The zero-order valence-electron chi connectivity index (χ0n) is 17.7. The van der Waals surface area contributed by atoms with Gasteiger partial charge in [-0.15, -0.1) is 0 Å². The number of nitrogens with one attached hydrogen (secondary N) is 1. The van der Waals surface area contributed by atoms with Crippen LogP contribution in [-0.2, 0) is 4.74 Å². The summed E-state index contributed by atoms with van der Waals surface area (Å²) in [6.45, 7) is 7.34. The van der Waals surface area contributed by atoms with E-state index in [0.29, 0.717) is 48.3 Å². The summed E-state index contributed by atoms with van der Waals surface area (Å²) < 4.78 is 21.7. The van der Waals surface area contributed by atoms with Crippen molar-refractivity contribution < 1.29 is 23.7 Å². The highest BCUT2D eigenvalue weighted by atomic mass is 35.5. The van der Waals surface area contributed by atoms with E-state index in [-0.39, 0.29) is 0 Å². The molecule has 0 aromatic heterocycles. The first kappa shape index (κ1) is 23.3. The number of methoxy groups -OCH3 is 1. The van der Waals surface area contributed by atoms with E-state index in [1.807, 2.05) is 32.9 Å². The van der Waals surface area contributed by atoms with E-state index in [0.717, 1.165) is 5.75 Å². The van der Waals surface area contributed by atoms with E-state index >= 15 is 0 Å². The maximum Gasteiger partial charge on any atom is 0.427 e. The standard InChI is InChI=1S/C22H27ClN2O5/c1-5-28-20-13-17(14-24-25-22(26)27-4)12-19(23)21(20)30-8-6-7-29-18-10-15(2)9-16(3)11-18/h9-14H,5-8H2,1-4H3,(H,25,26)/b24-14-. The van der Waals surface area contributed by atoms with Crippen LogP contribution in [0.1, 0.15) is 30.0 Å². The third-order valence-corrected chi connectivity index (χ3v) is 4.17. The summed E-state index contributed by atoms with van der Waals surface area (Å²) in [6, 6.07) is 9.53. The summed E-state index contributed by atoms with van der Waals surface area (Å²) in [5.41, 5.74) is 5.19. The van der Waals surface area contributed by atoms with Crippen LogP contribution in [0.2, 0.25) is 5.02 Å². The fourth-order valence-corrected chi connectivity index (χ4v) is 2.98. The number of hydrogen-bond acceptors (Lipinski definition) is 6. The van der Waals surface area contributed by atoms with E-state index in [1.54, 1.807) is 12.1 Å². The molecule has 2 aromatic rings. The number of hydrogen-bond donors (Lipinski definition) is 1. The van der Waals surface area contributed by atoms with Crippen molar-refractivity contribution in [1.29, 1.82) is 0 Å². The zero-order valence-corrected chi connectivity index (χ0v) is 18.4. The molecule has 0 fully saturated rings. The lowest BCUT2D eigenvalue weighted by Crippen LogP contribution is -2.16. The van der Waals surface area contributed by atoms with E-state index in [1.165, 1.54) is 24.5 Å². The number of rotatable bonds is 10. The number of carbonyl (C=O) groups is 1. The van der Waals surface area contributed by atoms with Crippen LogP contribution in [0, 0.1) is 13.8 Å². The predicted molar refractivity (Wildman–Crippen MR) is 117 cm³/mol. The Bertz CT molecular complexity index is 866. The highest BCUT2D eigenvalue weighted by Crippen LogP contribution is 2.36. The van der Waals surface area contributed by atoms with Gasteiger partial charge in [0.25, 0.3) is 0 Å². The van der Waals surface area contributed by atoms with E-state index < -0.39 is 6.09 Å². The van der Waals surface area contributed by atoms with Gasteiger partial charge in [-0.2, -0.15) is 5.10 Å². The first-order valence-corrected chi connectivity index (χ1v) is 9.98. The molecule has 2 aromatic carbocycles. The Kier molecular flexibility index (Phi) is 9.28. The van der Waals surface area contributed by atoms with Crippen LogP contribution in [0.4, 0.5) is 4.79 Å². The zero-order chi connectivity index (χ0) is 21.9. The summed E-state index contributed by atoms with van der Waals surface area (Å²) in [6.07, 6.45) is 1.46. The van der Waals surface area contributed by atoms with Crippen molar-refractivity contribution >= 4 is 23.9 Å². The van der Waals surface area contributed by atoms with Crippen molar-refractivity contribution in [1.82, 2.24) is 5.43 Å². The van der Waals surface area contributed by atoms with Crippen molar-refractivity contribution in [3.63, 3.8) is 0 Å². The fraction of sp³-hybridized carbons (Fsp3) is 0.364. The maximum atomic E-state index is 11.1. The molecule has 8 heteroatoms. The highest BCUT2D eigenvalue weighted by Gasteiger charge is 2.12. The Morgan fingerprint density at radius 1 is 1.07 bits per heavy atom. The van der Waals surface area contributed by atoms with Gasteiger partial charge >= 0.3 is 6.09 Å². The van der Waals surface area contributed by atoms with Crippen LogP contribution in [0.15, 0.2) is 35.4 Å². The van der Waals surface area contributed by atoms with Gasteiger partial charge in [0, 0.05) is 6.42 Å². The van der Waals surface area contributed by atoms with Gasteiger partial charge in [-0.05, 0) is 61.7 Å². The number of hydrazone groups is 1. The van der Waals surface area contributed by atoms with Gasteiger partial charge in [0.2, 0.25) is 0 Å². The van der Waals surface area contributed by atoms with E-state index in [2.05, 4.69) is 21.3 Å². The molecular formula is C22H27ClN2O5. The molecule has 0 saturated heterocycles. The third kappa shape index (κ3) is 7.48. The van der Waals surface area contributed by atoms with E-state index in [9.17, 15) is 4.79 Å². The molecule has 30 heavy (non-hydrogen) atoms. The molecule has 1 N–H and O–H groups in total. The average Bonchev–Trinajstić information content (AvgIpc) is 2.68. The van der Waals surface area contributed by atoms with E-state index in [4.69, 9.17) is 25.8 Å². The Hall–Kier alpha value is -2.93. The Balaban J connectivity index is 1.94. The molecular weight excluding hydrogens is 408 g/mol. The molecule has 0 bridgehead atoms. The number of benzene rings is 2. The molecule has 0 heterocycles. The number of aryl methyl sites for hydroxylation is 2. The van der Waals surface area contributed by atoms with Crippen LogP contribution in [-0.4, -0.2) is 39.2 Å². The molecule has 0 unspecified atom stereocenters. The first-order chi connectivity index (χ1) is 14.4. The predicted octanol–water partition coefficient (Wildman–Crippen LogP) is 4.89.